The Bertz CT molecular complexity index is 828. The lowest BCUT2D eigenvalue weighted by Crippen LogP contribution is -2.04. The van der Waals surface area contributed by atoms with Crippen LogP contribution in [0.1, 0.15) is 31.0 Å². The summed E-state index contributed by atoms with van der Waals surface area (Å²) in [5.74, 6) is 1.19. The van der Waals surface area contributed by atoms with Crippen molar-refractivity contribution in [2.24, 2.45) is 0 Å². The maximum absolute atomic E-state index is 12.7. The molecule has 2 heterocycles. The molecule has 0 aliphatic heterocycles. The molecule has 3 rings (SSSR count). The average molecular weight is 361 g/mol. The molecule has 1 aromatic carbocycles. The van der Waals surface area contributed by atoms with Gasteiger partial charge in [0.2, 0.25) is 0 Å². The van der Waals surface area contributed by atoms with E-state index in [4.69, 9.17) is 4.74 Å². The lowest BCUT2D eigenvalue weighted by molar-refractivity contribution is 0.306. The van der Waals surface area contributed by atoms with E-state index in [2.05, 4.69) is 16.9 Å². The molecule has 0 spiro atoms. The van der Waals surface area contributed by atoms with Gasteiger partial charge >= 0.3 is 0 Å². The van der Waals surface area contributed by atoms with Gasteiger partial charge in [0, 0.05) is 11.8 Å². The first-order chi connectivity index (χ1) is 11.7. The number of hydrogen-bond acceptors (Lipinski definition) is 5. The van der Waals surface area contributed by atoms with Gasteiger partial charge in [-0.1, -0.05) is 25.5 Å². The summed E-state index contributed by atoms with van der Waals surface area (Å²) in [7, 11) is -1.20. The lowest BCUT2D eigenvalue weighted by atomic mass is 10.2. The molecule has 0 aliphatic rings. The van der Waals surface area contributed by atoms with Crippen molar-refractivity contribution in [3.05, 3.63) is 47.8 Å². The van der Waals surface area contributed by atoms with Gasteiger partial charge in [0.25, 0.3) is 0 Å². The highest BCUT2D eigenvalue weighted by Gasteiger charge is 2.15. The molecule has 1 atom stereocenters. The molecule has 0 fully saturated rings. The predicted molar refractivity (Wildman–Crippen MR) is 99.1 cm³/mol. The van der Waals surface area contributed by atoms with Gasteiger partial charge in [-0.25, -0.2) is 4.98 Å². The molecular weight excluding hydrogens is 340 g/mol. The molecule has 0 aliphatic carbocycles. The third-order valence-electron chi connectivity index (χ3n) is 3.75. The monoisotopic (exact) mass is 360 g/mol. The molecule has 0 saturated heterocycles. The van der Waals surface area contributed by atoms with E-state index in [0.29, 0.717) is 16.7 Å². The second kappa shape index (κ2) is 7.85. The Morgan fingerprint density at radius 3 is 2.88 bits per heavy atom. The fourth-order valence-corrected chi connectivity index (χ4v) is 4.70. The zero-order valence-electron chi connectivity index (χ0n) is 13.8. The number of fused-ring (bicyclic) bond motifs is 1. The van der Waals surface area contributed by atoms with Crippen LogP contribution in [0.3, 0.4) is 0 Å². The van der Waals surface area contributed by atoms with Gasteiger partial charge in [0.15, 0.2) is 4.34 Å². The van der Waals surface area contributed by atoms with Crippen molar-refractivity contribution < 1.29 is 8.95 Å². The summed E-state index contributed by atoms with van der Waals surface area (Å²) in [6.45, 7) is 4.80. The van der Waals surface area contributed by atoms with E-state index in [0.717, 1.165) is 40.1 Å². The molecule has 6 heteroatoms. The Hall–Kier alpha value is -1.79. The zero-order valence-corrected chi connectivity index (χ0v) is 15.5. The Morgan fingerprint density at radius 1 is 1.25 bits per heavy atom. The Morgan fingerprint density at radius 2 is 2.08 bits per heavy atom. The summed E-state index contributed by atoms with van der Waals surface area (Å²) in [5.41, 5.74) is 2.66. The van der Waals surface area contributed by atoms with Crippen molar-refractivity contribution >= 4 is 32.4 Å². The average Bonchev–Trinajstić information content (AvgIpc) is 3.02. The van der Waals surface area contributed by atoms with E-state index in [1.807, 2.05) is 37.3 Å². The van der Waals surface area contributed by atoms with Crippen molar-refractivity contribution in [3.63, 3.8) is 0 Å². The number of hydrogen-bond donors (Lipinski definition) is 0. The number of nitrogens with zero attached hydrogens (tertiary/aromatic N) is 2. The standard InChI is InChI=1S/C18H20N2O2S2/c1-3-4-11-22-16-9-10-19-15(13(16)2)12-24(21)18-20-14-7-5-6-8-17(14)23-18/h5-10H,3-4,11-12H2,1-2H3. The topological polar surface area (TPSA) is 52.1 Å². The molecule has 0 saturated carbocycles. The number of thiazole rings is 1. The largest absolute Gasteiger partial charge is 0.493 e. The first kappa shape index (κ1) is 17.0. The number of unbranched alkanes of at least 4 members (excludes halogenated alkanes) is 1. The molecule has 0 radical (unpaired) electrons. The van der Waals surface area contributed by atoms with Crippen LogP contribution in [-0.2, 0) is 16.6 Å². The normalized spacial score (nSPS) is 12.4. The first-order valence-corrected chi connectivity index (χ1v) is 10.1. The molecule has 0 bridgehead atoms. The highest BCUT2D eigenvalue weighted by molar-refractivity contribution is 7.86. The maximum Gasteiger partial charge on any atom is 0.182 e. The van der Waals surface area contributed by atoms with Crippen LogP contribution >= 0.6 is 11.3 Å². The van der Waals surface area contributed by atoms with Crippen LogP contribution in [0.2, 0.25) is 0 Å². The molecule has 24 heavy (non-hydrogen) atoms. The van der Waals surface area contributed by atoms with E-state index >= 15 is 0 Å². The SMILES string of the molecule is CCCCOc1ccnc(CS(=O)c2nc3ccccc3s2)c1C. The third-order valence-corrected chi connectivity index (χ3v) is 6.41. The molecular formula is C18H20N2O2S2. The van der Waals surface area contributed by atoms with Crippen LogP contribution in [0.5, 0.6) is 5.75 Å². The minimum absolute atomic E-state index is 0.358. The summed E-state index contributed by atoms with van der Waals surface area (Å²) in [4.78, 5) is 8.87. The van der Waals surface area contributed by atoms with Gasteiger partial charge in [-0.05, 0) is 31.5 Å². The van der Waals surface area contributed by atoms with E-state index in [1.54, 1.807) is 6.20 Å². The van der Waals surface area contributed by atoms with Gasteiger partial charge in [-0.3, -0.25) is 9.19 Å². The number of pyridine rings is 1. The minimum Gasteiger partial charge on any atom is -0.493 e. The minimum atomic E-state index is -1.20. The van der Waals surface area contributed by atoms with Gasteiger partial charge < -0.3 is 4.74 Å². The fourth-order valence-electron chi connectivity index (χ4n) is 2.32. The van der Waals surface area contributed by atoms with E-state index in [1.165, 1.54) is 11.3 Å². The number of rotatable bonds is 7. The predicted octanol–water partition coefficient (Wildman–Crippen LogP) is 4.49. The molecule has 126 valence electrons. The van der Waals surface area contributed by atoms with Gasteiger partial charge in [-0.15, -0.1) is 11.3 Å². The third kappa shape index (κ3) is 3.82. The maximum atomic E-state index is 12.7. The van der Waals surface area contributed by atoms with Crippen LogP contribution in [0, 0.1) is 6.92 Å². The van der Waals surface area contributed by atoms with Gasteiger partial charge in [0.1, 0.15) is 5.75 Å². The lowest BCUT2D eigenvalue weighted by Gasteiger charge is -2.11. The van der Waals surface area contributed by atoms with Crippen LogP contribution in [0.25, 0.3) is 10.2 Å². The Kier molecular flexibility index (Phi) is 5.58. The number of aromatic nitrogens is 2. The van der Waals surface area contributed by atoms with Crippen molar-refractivity contribution in [2.45, 2.75) is 36.8 Å². The van der Waals surface area contributed by atoms with Crippen LogP contribution in [0.15, 0.2) is 40.9 Å². The molecule has 0 amide bonds. The fraction of sp³-hybridized carbons (Fsp3) is 0.333. The Balaban J connectivity index is 1.77. The highest BCUT2D eigenvalue weighted by Crippen LogP contribution is 2.27. The quantitative estimate of drug-likeness (QED) is 0.583. The summed E-state index contributed by atoms with van der Waals surface area (Å²) < 4.78 is 20.2. The van der Waals surface area contributed by atoms with E-state index in [-0.39, 0.29) is 0 Å². The number of ether oxygens (including phenoxy) is 1. The number of benzene rings is 1. The summed E-state index contributed by atoms with van der Waals surface area (Å²) in [5, 5.41) is 0. The van der Waals surface area contributed by atoms with Crippen LogP contribution in [0.4, 0.5) is 0 Å². The van der Waals surface area contributed by atoms with Crippen molar-refractivity contribution in [1.29, 1.82) is 0 Å². The van der Waals surface area contributed by atoms with Gasteiger partial charge in [-0.2, -0.15) is 0 Å². The van der Waals surface area contributed by atoms with Gasteiger partial charge in [0.05, 0.1) is 39.1 Å². The molecule has 3 aromatic rings. The second-order valence-electron chi connectivity index (χ2n) is 5.52. The van der Waals surface area contributed by atoms with Crippen LogP contribution < -0.4 is 4.74 Å². The second-order valence-corrected chi connectivity index (χ2v) is 8.18. The smallest absolute Gasteiger partial charge is 0.182 e. The van der Waals surface area contributed by atoms with Crippen molar-refractivity contribution in [2.75, 3.05) is 6.61 Å². The van der Waals surface area contributed by atoms with E-state index < -0.39 is 10.8 Å². The number of para-hydroxylation sites is 1. The summed E-state index contributed by atoms with van der Waals surface area (Å²) in [6.07, 6.45) is 3.84. The molecule has 4 nitrogen and oxygen atoms in total. The molecule has 1 unspecified atom stereocenters. The first-order valence-electron chi connectivity index (χ1n) is 8.00. The van der Waals surface area contributed by atoms with Crippen LogP contribution in [-0.4, -0.2) is 20.8 Å². The van der Waals surface area contributed by atoms with E-state index in [9.17, 15) is 4.21 Å². The van der Waals surface area contributed by atoms with Crippen molar-refractivity contribution in [3.8, 4) is 5.75 Å². The zero-order chi connectivity index (χ0) is 16.9. The van der Waals surface area contributed by atoms with Crippen molar-refractivity contribution in [1.82, 2.24) is 9.97 Å². The summed E-state index contributed by atoms with van der Waals surface area (Å²) >= 11 is 1.48. The molecule has 2 aromatic heterocycles. The summed E-state index contributed by atoms with van der Waals surface area (Å²) in [6, 6.07) is 9.72. The Labute approximate surface area is 148 Å². The molecule has 0 N–H and O–H groups in total. The highest BCUT2D eigenvalue weighted by atomic mass is 32.2.